The van der Waals surface area contributed by atoms with Crippen LogP contribution in [0, 0.1) is 0 Å². The third kappa shape index (κ3) is 4.60. The van der Waals surface area contributed by atoms with Crippen LogP contribution in [0.1, 0.15) is 29.5 Å². The zero-order chi connectivity index (χ0) is 34.2. The molecule has 1 aliphatic carbocycles. The molecule has 0 N–H and O–H groups in total. The Labute approximate surface area is 298 Å². The first-order valence-electron chi connectivity index (χ1n) is 17.6. The van der Waals surface area contributed by atoms with Crippen molar-refractivity contribution in [1.82, 2.24) is 15.0 Å². The molecule has 7 aromatic carbocycles. The van der Waals surface area contributed by atoms with E-state index < -0.39 is 0 Å². The number of allylic oxidation sites excluding steroid dienone is 1. The van der Waals surface area contributed by atoms with Crippen LogP contribution in [-0.2, 0) is 0 Å². The average molecular weight is 668 g/mol. The van der Waals surface area contributed by atoms with Gasteiger partial charge < -0.3 is 8.83 Å². The average Bonchev–Trinajstić information content (AvgIpc) is 3.79. The Morgan fingerprint density at radius 3 is 1.90 bits per heavy atom. The molecule has 0 saturated carbocycles. The van der Waals surface area contributed by atoms with Gasteiger partial charge in [-0.25, -0.2) is 15.0 Å². The molecule has 0 saturated heterocycles. The molecule has 5 nitrogen and oxygen atoms in total. The highest BCUT2D eigenvalue weighted by molar-refractivity contribution is 6.13. The topological polar surface area (TPSA) is 65.0 Å². The summed E-state index contributed by atoms with van der Waals surface area (Å²) >= 11 is 0. The van der Waals surface area contributed by atoms with Crippen molar-refractivity contribution >= 4 is 60.5 Å². The Balaban J connectivity index is 1.09. The lowest BCUT2D eigenvalue weighted by Crippen LogP contribution is -2.11. The van der Waals surface area contributed by atoms with Crippen LogP contribution < -0.4 is 0 Å². The molecule has 1 aliphatic rings. The van der Waals surface area contributed by atoms with E-state index in [4.69, 9.17) is 23.8 Å². The standard InChI is InChI=1S/C47H29N3O2/c1-2-10-30-25-32(23-20-28(30)9-1)45-48-46(50-47(49-45)38-14-8-18-42-44(38)37-12-4-6-16-40(37)52-42)33-24-21-29-19-22-31(26-34(29)27-33)35-13-7-17-41-43(35)36-11-3-5-15-39(36)51-41/h1-13,15-27,38H,14H2. The molecule has 5 heteroatoms. The first-order chi connectivity index (χ1) is 25.7. The van der Waals surface area contributed by atoms with Gasteiger partial charge in [-0.15, -0.1) is 0 Å². The zero-order valence-corrected chi connectivity index (χ0v) is 28.0. The lowest BCUT2D eigenvalue weighted by molar-refractivity contribution is 0.586. The maximum absolute atomic E-state index is 6.30. The van der Waals surface area contributed by atoms with Crippen LogP contribution in [0.3, 0.4) is 0 Å². The number of para-hydroxylation sites is 2. The SMILES string of the molecule is C1=Cc2oc3ccccc3c2C(c2nc(-c3ccc4ccccc4c3)nc(-c3ccc4ccc(-c5cccc6oc7ccccc7c56)cc4c3)n2)C1. The van der Waals surface area contributed by atoms with E-state index in [1.165, 1.54) is 5.39 Å². The highest BCUT2D eigenvalue weighted by Crippen LogP contribution is 2.42. The summed E-state index contributed by atoms with van der Waals surface area (Å²) in [7, 11) is 0. The smallest absolute Gasteiger partial charge is 0.163 e. The van der Waals surface area contributed by atoms with Gasteiger partial charge in [-0.1, -0.05) is 115 Å². The van der Waals surface area contributed by atoms with Crippen molar-refractivity contribution in [2.45, 2.75) is 12.3 Å². The zero-order valence-electron chi connectivity index (χ0n) is 28.0. The van der Waals surface area contributed by atoms with Gasteiger partial charge in [0, 0.05) is 32.8 Å². The van der Waals surface area contributed by atoms with E-state index in [1.54, 1.807) is 0 Å². The van der Waals surface area contributed by atoms with E-state index in [1.807, 2.05) is 30.3 Å². The first kappa shape index (κ1) is 28.9. The van der Waals surface area contributed by atoms with Crippen LogP contribution in [0.4, 0.5) is 0 Å². The highest BCUT2D eigenvalue weighted by Gasteiger charge is 2.28. The van der Waals surface area contributed by atoms with Crippen molar-refractivity contribution < 1.29 is 8.83 Å². The summed E-state index contributed by atoms with van der Waals surface area (Å²) < 4.78 is 12.5. The molecular weight excluding hydrogens is 639 g/mol. The monoisotopic (exact) mass is 667 g/mol. The van der Waals surface area contributed by atoms with Crippen LogP contribution in [0.2, 0.25) is 0 Å². The van der Waals surface area contributed by atoms with Crippen molar-refractivity contribution in [1.29, 1.82) is 0 Å². The fourth-order valence-electron chi connectivity index (χ4n) is 7.93. The molecule has 0 spiro atoms. The normalized spacial score (nSPS) is 14.2. The van der Waals surface area contributed by atoms with E-state index >= 15 is 0 Å². The molecule has 1 unspecified atom stereocenters. The Morgan fingerprint density at radius 2 is 1.10 bits per heavy atom. The minimum atomic E-state index is -0.0815. The molecule has 244 valence electrons. The molecule has 11 rings (SSSR count). The third-order valence-electron chi connectivity index (χ3n) is 10.4. The molecule has 3 heterocycles. The minimum absolute atomic E-state index is 0.0815. The fourth-order valence-corrected chi connectivity index (χ4v) is 7.93. The first-order valence-corrected chi connectivity index (χ1v) is 17.6. The molecule has 52 heavy (non-hydrogen) atoms. The summed E-state index contributed by atoms with van der Waals surface area (Å²) in [6.45, 7) is 0. The number of rotatable bonds is 4. The van der Waals surface area contributed by atoms with Gasteiger partial charge in [-0.05, 0) is 81.6 Å². The van der Waals surface area contributed by atoms with Gasteiger partial charge in [0.2, 0.25) is 0 Å². The van der Waals surface area contributed by atoms with Crippen LogP contribution >= 0.6 is 0 Å². The molecule has 0 bridgehead atoms. The van der Waals surface area contributed by atoms with Crippen LogP contribution in [-0.4, -0.2) is 15.0 Å². The van der Waals surface area contributed by atoms with Gasteiger partial charge in [-0.3, -0.25) is 0 Å². The molecular formula is C47H29N3O2. The highest BCUT2D eigenvalue weighted by atomic mass is 16.3. The Morgan fingerprint density at radius 1 is 0.481 bits per heavy atom. The summed E-state index contributed by atoms with van der Waals surface area (Å²) in [5, 5.41) is 7.92. The number of hydrogen-bond acceptors (Lipinski definition) is 5. The third-order valence-corrected chi connectivity index (χ3v) is 10.4. The van der Waals surface area contributed by atoms with Crippen molar-refractivity contribution in [3.63, 3.8) is 0 Å². The molecule has 10 aromatic rings. The van der Waals surface area contributed by atoms with Crippen molar-refractivity contribution in [2.24, 2.45) is 0 Å². The second-order valence-electron chi connectivity index (χ2n) is 13.5. The van der Waals surface area contributed by atoms with Crippen LogP contribution in [0.15, 0.2) is 161 Å². The van der Waals surface area contributed by atoms with Crippen LogP contribution in [0.25, 0.3) is 94.4 Å². The number of hydrogen-bond donors (Lipinski definition) is 0. The van der Waals surface area contributed by atoms with Gasteiger partial charge in [0.15, 0.2) is 11.6 Å². The molecule has 3 aromatic heterocycles. The van der Waals surface area contributed by atoms with Crippen molar-refractivity contribution in [2.75, 3.05) is 0 Å². The van der Waals surface area contributed by atoms with Gasteiger partial charge in [0.05, 0.1) is 5.92 Å². The Hall–Kier alpha value is -6.85. The molecule has 0 amide bonds. The number of aromatic nitrogens is 3. The van der Waals surface area contributed by atoms with E-state index in [-0.39, 0.29) is 5.92 Å². The molecule has 0 radical (unpaired) electrons. The van der Waals surface area contributed by atoms with Crippen molar-refractivity contribution in [3.8, 4) is 33.9 Å². The summed E-state index contributed by atoms with van der Waals surface area (Å²) in [6, 6.07) is 50.7. The van der Waals surface area contributed by atoms with Crippen molar-refractivity contribution in [3.05, 3.63) is 169 Å². The fraction of sp³-hybridized carbons (Fsp3) is 0.0426. The van der Waals surface area contributed by atoms with E-state index in [2.05, 4.69) is 127 Å². The number of nitrogens with zero attached hydrogens (tertiary/aromatic N) is 3. The van der Waals surface area contributed by atoms with Gasteiger partial charge in [0.25, 0.3) is 0 Å². The van der Waals surface area contributed by atoms with Gasteiger partial charge >= 0.3 is 0 Å². The van der Waals surface area contributed by atoms with E-state index in [0.29, 0.717) is 11.6 Å². The maximum atomic E-state index is 6.30. The van der Waals surface area contributed by atoms with E-state index in [0.717, 1.165) is 94.9 Å². The lowest BCUT2D eigenvalue weighted by atomic mass is 9.88. The predicted molar refractivity (Wildman–Crippen MR) is 210 cm³/mol. The number of benzene rings is 7. The molecule has 0 fully saturated rings. The van der Waals surface area contributed by atoms with Gasteiger partial charge in [0.1, 0.15) is 28.3 Å². The summed E-state index contributed by atoms with van der Waals surface area (Å²) in [4.78, 5) is 15.6. The van der Waals surface area contributed by atoms with Gasteiger partial charge in [-0.2, -0.15) is 0 Å². The maximum Gasteiger partial charge on any atom is 0.163 e. The summed E-state index contributed by atoms with van der Waals surface area (Å²) in [5.74, 6) is 2.82. The largest absolute Gasteiger partial charge is 0.456 e. The quantitative estimate of drug-likeness (QED) is 0.187. The second kappa shape index (κ2) is 11.3. The second-order valence-corrected chi connectivity index (χ2v) is 13.5. The Kier molecular flexibility index (Phi) is 6.31. The number of fused-ring (bicyclic) bond motifs is 8. The summed E-state index contributed by atoms with van der Waals surface area (Å²) in [5.41, 5.74) is 7.94. The lowest BCUT2D eigenvalue weighted by Gasteiger charge is -2.19. The number of furan rings is 2. The van der Waals surface area contributed by atoms with Crippen LogP contribution in [0.5, 0.6) is 0 Å². The molecule has 1 atom stereocenters. The molecule has 0 aliphatic heterocycles. The predicted octanol–water partition coefficient (Wildman–Crippen LogP) is 12.4. The minimum Gasteiger partial charge on any atom is -0.456 e. The van der Waals surface area contributed by atoms with E-state index in [9.17, 15) is 0 Å². The summed E-state index contributed by atoms with van der Waals surface area (Å²) in [6.07, 6.45) is 5.01. The Bertz CT molecular complexity index is 3080.